The molecule has 0 aliphatic heterocycles. The molecule has 0 saturated carbocycles. The van der Waals surface area contributed by atoms with Crippen molar-refractivity contribution in [2.24, 2.45) is 7.05 Å². The summed E-state index contributed by atoms with van der Waals surface area (Å²) in [6, 6.07) is 10.0. The first-order valence-corrected chi connectivity index (χ1v) is 13.9. The van der Waals surface area contributed by atoms with Gasteiger partial charge in [0.2, 0.25) is 0 Å². The van der Waals surface area contributed by atoms with Crippen LogP contribution in [0.5, 0.6) is 11.5 Å². The van der Waals surface area contributed by atoms with Crippen LogP contribution >= 0.6 is 0 Å². The van der Waals surface area contributed by atoms with E-state index in [1.165, 1.54) is 16.7 Å². The van der Waals surface area contributed by atoms with Crippen molar-refractivity contribution < 1.29 is 18.7 Å². The molecule has 0 fully saturated rings. The number of hydrogen-bond acceptors (Lipinski definition) is 5. The van der Waals surface area contributed by atoms with Gasteiger partial charge in [-0.25, -0.2) is 9.37 Å². The SMILES string of the molecule is CCCc1[nH]c(CC)nc1-c1cc2c(=O)n(C)cc(-c3cc(C(C)(C)O)ccc3Oc3c(C)cc(F)cc3C)c2o1. The topological polar surface area (TPSA) is 93.3 Å². The molecule has 0 aliphatic rings. The predicted octanol–water partition coefficient (Wildman–Crippen LogP) is 7.48. The summed E-state index contributed by atoms with van der Waals surface area (Å²) in [7, 11) is 1.69. The van der Waals surface area contributed by atoms with Gasteiger partial charge in [-0.1, -0.05) is 26.3 Å². The van der Waals surface area contributed by atoms with E-state index in [4.69, 9.17) is 14.1 Å². The number of nitrogens with one attached hydrogen (secondary N) is 1. The lowest BCUT2D eigenvalue weighted by Gasteiger charge is -2.21. The van der Waals surface area contributed by atoms with E-state index in [1.807, 2.05) is 13.0 Å². The Morgan fingerprint density at radius 1 is 1.10 bits per heavy atom. The fourth-order valence-corrected chi connectivity index (χ4v) is 5.20. The quantitative estimate of drug-likeness (QED) is 0.206. The number of rotatable bonds is 8. The lowest BCUT2D eigenvalue weighted by Crippen LogP contribution is -2.17. The zero-order chi connectivity index (χ0) is 29.6. The molecular weight excluding hydrogens is 521 g/mol. The molecule has 2 aromatic carbocycles. The normalized spacial score (nSPS) is 11.9. The summed E-state index contributed by atoms with van der Waals surface area (Å²) in [5.74, 6) is 2.05. The van der Waals surface area contributed by atoms with Gasteiger partial charge in [0.05, 0.1) is 11.0 Å². The van der Waals surface area contributed by atoms with Gasteiger partial charge in [-0.2, -0.15) is 0 Å². The molecule has 0 unspecified atom stereocenters. The van der Waals surface area contributed by atoms with Crippen molar-refractivity contribution in [1.29, 1.82) is 0 Å². The van der Waals surface area contributed by atoms with Gasteiger partial charge in [-0.15, -0.1) is 0 Å². The van der Waals surface area contributed by atoms with Crippen molar-refractivity contribution in [3.8, 4) is 34.1 Å². The van der Waals surface area contributed by atoms with Crippen molar-refractivity contribution in [3.05, 3.63) is 87.0 Å². The number of ether oxygens (including phenoxy) is 1. The second kappa shape index (κ2) is 10.7. The number of pyridine rings is 1. The number of aromatic nitrogens is 3. The third kappa shape index (κ3) is 5.32. The van der Waals surface area contributed by atoms with Crippen LogP contribution in [0.4, 0.5) is 4.39 Å². The molecule has 0 aliphatic carbocycles. The predicted molar refractivity (Wildman–Crippen MR) is 159 cm³/mol. The zero-order valence-electron chi connectivity index (χ0n) is 24.6. The van der Waals surface area contributed by atoms with E-state index in [0.29, 0.717) is 61.7 Å². The molecular formula is C33H36FN3O4. The minimum absolute atomic E-state index is 0.201. The number of H-pyrrole nitrogens is 1. The summed E-state index contributed by atoms with van der Waals surface area (Å²) in [5, 5.41) is 11.3. The van der Waals surface area contributed by atoms with Crippen molar-refractivity contribution in [2.45, 2.75) is 66.4 Å². The molecule has 214 valence electrons. The first kappa shape index (κ1) is 28.4. The van der Waals surface area contributed by atoms with Crippen molar-refractivity contribution in [2.75, 3.05) is 0 Å². The summed E-state index contributed by atoms with van der Waals surface area (Å²) in [6.07, 6.45) is 4.19. The second-order valence-electron chi connectivity index (χ2n) is 11.2. The molecule has 5 aromatic rings. The number of hydrogen-bond donors (Lipinski definition) is 2. The molecule has 3 aromatic heterocycles. The zero-order valence-corrected chi connectivity index (χ0v) is 24.6. The van der Waals surface area contributed by atoms with Crippen LogP contribution in [0.15, 0.2) is 51.8 Å². The highest BCUT2D eigenvalue weighted by Gasteiger charge is 2.24. The minimum atomic E-state index is -1.14. The smallest absolute Gasteiger partial charge is 0.261 e. The third-order valence-electron chi connectivity index (χ3n) is 7.36. The van der Waals surface area contributed by atoms with Crippen LogP contribution in [-0.2, 0) is 25.5 Å². The molecule has 0 radical (unpaired) electrons. The number of nitrogens with zero attached hydrogens (tertiary/aromatic N) is 2. The Morgan fingerprint density at radius 2 is 1.80 bits per heavy atom. The van der Waals surface area contributed by atoms with Gasteiger partial charge in [0.1, 0.15) is 34.4 Å². The van der Waals surface area contributed by atoms with E-state index in [0.717, 1.165) is 30.8 Å². The highest BCUT2D eigenvalue weighted by atomic mass is 19.1. The average Bonchev–Trinajstić information content (AvgIpc) is 3.53. The highest BCUT2D eigenvalue weighted by molar-refractivity contribution is 5.95. The molecule has 41 heavy (non-hydrogen) atoms. The maximum Gasteiger partial charge on any atom is 0.261 e. The molecule has 2 N–H and O–H groups in total. The van der Waals surface area contributed by atoms with E-state index >= 15 is 0 Å². The number of aliphatic hydroxyl groups is 1. The Morgan fingerprint density at radius 3 is 2.44 bits per heavy atom. The monoisotopic (exact) mass is 557 g/mol. The van der Waals surface area contributed by atoms with Crippen molar-refractivity contribution in [1.82, 2.24) is 14.5 Å². The van der Waals surface area contributed by atoms with Crippen LogP contribution < -0.4 is 10.3 Å². The van der Waals surface area contributed by atoms with Crippen LogP contribution in [0.25, 0.3) is 33.6 Å². The fraction of sp³-hybridized carbons (Fsp3) is 0.333. The highest BCUT2D eigenvalue weighted by Crippen LogP contribution is 2.42. The summed E-state index contributed by atoms with van der Waals surface area (Å²) in [5.41, 5.74) is 3.94. The molecule has 0 saturated heterocycles. The summed E-state index contributed by atoms with van der Waals surface area (Å²) in [4.78, 5) is 21.5. The van der Waals surface area contributed by atoms with Crippen molar-refractivity contribution >= 4 is 11.0 Å². The minimum Gasteiger partial charge on any atom is -0.456 e. The van der Waals surface area contributed by atoms with Gasteiger partial charge in [-0.05, 0) is 81.1 Å². The molecule has 0 spiro atoms. The molecule has 0 amide bonds. The summed E-state index contributed by atoms with van der Waals surface area (Å²) in [6.45, 7) is 11.1. The van der Waals surface area contributed by atoms with Gasteiger partial charge >= 0.3 is 0 Å². The first-order chi connectivity index (χ1) is 19.4. The Hall–Kier alpha value is -4.17. The maximum atomic E-state index is 14.0. The Balaban J connectivity index is 1.77. The second-order valence-corrected chi connectivity index (χ2v) is 11.2. The number of imidazole rings is 1. The molecule has 3 heterocycles. The third-order valence-corrected chi connectivity index (χ3v) is 7.36. The number of aromatic amines is 1. The van der Waals surface area contributed by atoms with Crippen LogP contribution in [0.2, 0.25) is 0 Å². The number of aryl methyl sites for hydroxylation is 5. The van der Waals surface area contributed by atoms with Crippen LogP contribution in [0.1, 0.15) is 62.3 Å². The van der Waals surface area contributed by atoms with Crippen LogP contribution in [-0.4, -0.2) is 19.6 Å². The standard InChI is InChI=1S/C33H36FN3O4/c1-8-10-25-29(36-28(9-2)35-25)27-16-23-31(41-27)24(17-37(7)32(23)38)22-15-20(33(5,6)39)11-12-26(22)40-30-18(3)13-21(34)14-19(30)4/h11-17,39H,8-10H2,1-7H3,(H,35,36). The molecule has 7 nitrogen and oxygen atoms in total. The fourth-order valence-electron chi connectivity index (χ4n) is 5.20. The number of furan rings is 1. The van der Waals surface area contributed by atoms with E-state index in [-0.39, 0.29) is 11.4 Å². The molecule has 0 atom stereocenters. The molecule has 0 bridgehead atoms. The molecule has 5 rings (SSSR count). The van der Waals surface area contributed by atoms with Gasteiger partial charge < -0.3 is 23.8 Å². The van der Waals surface area contributed by atoms with Gasteiger partial charge in [0, 0.05) is 36.5 Å². The van der Waals surface area contributed by atoms with Gasteiger partial charge in [0.15, 0.2) is 5.76 Å². The summed E-state index contributed by atoms with van der Waals surface area (Å²) >= 11 is 0. The van der Waals surface area contributed by atoms with Crippen LogP contribution in [0.3, 0.4) is 0 Å². The maximum absolute atomic E-state index is 14.0. The number of fused-ring (bicyclic) bond motifs is 1. The molecule has 8 heteroatoms. The Labute approximate surface area is 238 Å². The lowest BCUT2D eigenvalue weighted by atomic mass is 9.93. The summed E-state index contributed by atoms with van der Waals surface area (Å²) < 4.78 is 28.4. The Bertz CT molecular complexity index is 1800. The van der Waals surface area contributed by atoms with Crippen molar-refractivity contribution in [3.63, 3.8) is 0 Å². The van der Waals surface area contributed by atoms with Crippen LogP contribution in [0, 0.1) is 19.7 Å². The lowest BCUT2D eigenvalue weighted by molar-refractivity contribution is 0.0786. The first-order valence-electron chi connectivity index (χ1n) is 13.9. The van der Waals surface area contributed by atoms with E-state index < -0.39 is 5.60 Å². The van der Waals surface area contributed by atoms with Gasteiger partial charge in [0.25, 0.3) is 5.56 Å². The van der Waals surface area contributed by atoms with E-state index in [1.54, 1.807) is 59.1 Å². The van der Waals surface area contributed by atoms with E-state index in [2.05, 4.69) is 11.9 Å². The number of benzene rings is 2. The van der Waals surface area contributed by atoms with Gasteiger partial charge in [-0.3, -0.25) is 4.79 Å². The average molecular weight is 558 g/mol. The number of halogens is 1. The van der Waals surface area contributed by atoms with E-state index in [9.17, 15) is 14.3 Å². The largest absolute Gasteiger partial charge is 0.456 e. The Kier molecular flexibility index (Phi) is 7.38.